The molecule has 1 fully saturated rings. The fourth-order valence-corrected chi connectivity index (χ4v) is 15.8. The van der Waals surface area contributed by atoms with Gasteiger partial charge in [-0.2, -0.15) is 0 Å². The summed E-state index contributed by atoms with van der Waals surface area (Å²) in [6.07, 6.45) is -0.0568. The van der Waals surface area contributed by atoms with E-state index in [0.29, 0.717) is 56.0 Å². The van der Waals surface area contributed by atoms with Crippen LogP contribution in [0.3, 0.4) is 0 Å². The summed E-state index contributed by atoms with van der Waals surface area (Å²) in [5, 5.41) is 95.5. The maximum Gasteiger partial charge on any atom is 0.326 e. The van der Waals surface area contributed by atoms with Crippen molar-refractivity contribution in [3.63, 3.8) is 0 Å². The summed E-state index contributed by atoms with van der Waals surface area (Å²) in [6.45, 7) is 16.8. The molecule has 38 nitrogen and oxygen atoms in total. The highest BCUT2D eigenvalue weighted by molar-refractivity contribution is 6.02. The first kappa shape index (κ1) is 105. The molecule has 13 amide bonds. The topological polar surface area (TPSA) is 609 Å². The van der Waals surface area contributed by atoms with Crippen LogP contribution in [0.2, 0.25) is 0 Å². The van der Waals surface area contributed by atoms with Gasteiger partial charge in [-0.05, 0) is 178 Å². The maximum absolute atomic E-state index is 15.1. The first-order chi connectivity index (χ1) is 63.0. The number of aliphatic hydroxyl groups is 1. The highest BCUT2D eigenvalue weighted by atomic mass is 16.4. The van der Waals surface area contributed by atoms with Crippen LogP contribution in [-0.4, -0.2) is 238 Å². The van der Waals surface area contributed by atoms with Crippen LogP contribution in [0.25, 0.3) is 21.8 Å². The zero-order valence-electron chi connectivity index (χ0n) is 76.6. The van der Waals surface area contributed by atoms with E-state index in [1.807, 2.05) is 0 Å². The molecule has 0 spiro atoms. The minimum Gasteiger partial charge on any atom is -0.508 e. The zero-order chi connectivity index (χ0) is 97.6. The highest BCUT2D eigenvalue weighted by Gasteiger charge is 2.43. The Bertz CT molecular complexity index is 5170. The molecule has 3 heterocycles. The monoisotopic (exact) mass is 1840 g/mol. The lowest BCUT2D eigenvalue weighted by atomic mass is 9.98. The number of carboxylic acid groups (broad SMARTS) is 2. The second-order valence-corrected chi connectivity index (χ2v) is 35.9. The van der Waals surface area contributed by atoms with Crippen molar-refractivity contribution in [1.82, 2.24) is 78.7 Å². The van der Waals surface area contributed by atoms with E-state index in [1.54, 1.807) is 116 Å². The number of carboxylic acids is 2. The van der Waals surface area contributed by atoms with Crippen LogP contribution in [0.15, 0.2) is 134 Å². The Balaban J connectivity index is 0.986. The highest BCUT2D eigenvalue weighted by Crippen LogP contribution is 2.26. The molecule has 1 saturated heterocycles. The van der Waals surface area contributed by atoms with Gasteiger partial charge in [-0.3, -0.25) is 67.1 Å². The molecule has 24 N–H and O–H groups in total. The fraction of sp³-hybridized carbons (Fsp3) is 0.484. The van der Waals surface area contributed by atoms with Crippen LogP contribution >= 0.6 is 0 Å². The SMILES string of the molecule is CC(C)C[C@H](NC(=O)[C@H](CC(C)C)NC(=O)[C@H](Cc1c[nH]c2ccccc12)NC(=O)[C@H](CC(C)C)NC(=O)[C@H](CCCCN)NC(=O)[C@@H](NC(=O)[C@H](CC(C)C)NC(=O)[C@@H]1CCCN1C(=O)[C@H](CC(=O)O)NC(=O)[C@H](Cc1ccc(O)cc1)NC(=O)[C@H](Cc1c[nH]c2ccccc12)NC(=O)[C@H](Cc1ccc(O)cc1)NC(=O)[C@H](C)N)[C@@H](C)O)C(=O)N[C@@H](Cc1ccc(O)cc1)C(=O)O. The van der Waals surface area contributed by atoms with Crippen molar-refractivity contribution in [3.05, 3.63) is 162 Å². The number of carbonyl (C=O) groups is 15. The molecule has 7 aromatic rings. The summed E-state index contributed by atoms with van der Waals surface area (Å²) in [7, 11) is 0. The number of carbonyl (C=O) groups excluding carboxylic acids is 13. The first-order valence-electron chi connectivity index (χ1n) is 45.0. The van der Waals surface area contributed by atoms with E-state index in [0.717, 1.165) is 4.90 Å². The third-order valence-electron chi connectivity index (χ3n) is 22.7. The zero-order valence-corrected chi connectivity index (χ0v) is 76.6. The number of H-pyrrole nitrogens is 2. The van der Waals surface area contributed by atoms with Crippen molar-refractivity contribution in [2.45, 2.75) is 256 Å². The van der Waals surface area contributed by atoms with E-state index in [1.165, 1.54) is 86.6 Å². The van der Waals surface area contributed by atoms with Crippen molar-refractivity contribution >= 4 is 111 Å². The lowest BCUT2D eigenvalue weighted by Gasteiger charge is -2.31. The molecule has 8 rings (SSSR count). The van der Waals surface area contributed by atoms with Gasteiger partial charge in [-0.15, -0.1) is 0 Å². The van der Waals surface area contributed by atoms with E-state index in [9.17, 15) is 78.6 Å². The molecule has 0 radical (unpaired) electrons. The Kier molecular flexibility index (Phi) is 39.6. The molecule has 1 aliphatic rings. The molecular weight excluding hydrogens is 1720 g/mol. The molecule has 720 valence electrons. The number of aromatic hydroxyl groups is 3. The smallest absolute Gasteiger partial charge is 0.326 e. The summed E-state index contributed by atoms with van der Waals surface area (Å²) in [5.74, 6) is -16.3. The second kappa shape index (κ2) is 50.2. The number of aromatic nitrogens is 2. The maximum atomic E-state index is 15.1. The van der Waals surface area contributed by atoms with Gasteiger partial charge in [-0.25, -0.2) is 4.79 Å². The number of para-hydroxylation sites is 2. The van der Waals surface area contributed by atoms with E-state index >= 15 is 24.0 Å². The molecule has 38 heteroatoms. The van der Waals surface area contributed by atoms with Gasteiger partial charge in [0.15, 0.2) is 0 Å². The molecule has 133 heavy (non-hydrogen) atoms. The first-order valence-corrected chi connectivity index (χ1v) is 45.0. The number of phenolic OH excluding ortho intramolecular Hbond substituents is 3. The summed E-state index contributed by atoms with van der Waals surface area (Å²) >= 11 is 0. The predicted octanol–water partition coefficient (Wildman–Crippen LogP) is 2.69. The van der Waals surface area contributed by atoms with Crippen molar-refractivity contribution in [3.8, 4) is 17.2 Å². The lowest BCUT2D eigenvalue weighted by Crippen LogP contribution is -2.62. The number of aliphatic carboxylic acids is 2. The van der Waals surface area contributed by atoms with Crippen molar-refractivity contribution in [2.75, 3.05) is 13.1 Å². The molecule has 0 saturated carbocycles. The number of hydrogen-bond donors (Lipinski definition) is 22. The number of nitrogens with one attached hydrogen (secondary N) is 14. The van der Waals surface area contributed by atoms with Gasteiger partial charge in [0.25, 0.3) is 0 Å². The summed E-state index contributed by atoms with van der Waals surface area (Å²) in [5.41, 5.74) is 15.7. The average molecular weight is 1850 g/mol. The van der Waals surface area contributed by atoms with Crippen LogP contribution in [0, 0.1) is 23.7 Å². The van der Waals surface area contributed by atoms with E-state index in [4.69, 9.17) is 11.5 Å². The molecule has 0 unspecified atom stereocenters. The van der Waals surface area contributed by atoms with Crippen LogP contribution < -0.4 is 75.3 Å². The number of unbranched alkanes of at least 4 members (excludes halogenated alkanes) is 1. The van der Waals surface area contributed by atoms with Gasteiger partial charge in [0.05, 0.1) is 18.6 Å². The molecule has 2 aromatic heterocycles. The molecular formula is C95H129N17O21. The Labute approximate surface area is 771 Å². The van der Waals surface area contributed by atoms with Gasteiger partial charge < -0.3 is 121 Å². The average Bonchev–Trinajstić information content (AvgIpc) is 1.79. The number of amides is 13. The normalized spacial score (nSPS) is 15.8. The van der Waals surface area contributed by atoms with E-state index in [2.05, 4.69) is 73.8 Å². The van der Waals surface area contributed by atoms with Gasteiger partial charge in [0.1, 0.15) is 95.8 Å². The number of aromatic amines is 2. The Morgan fingerprint density at radius 3 is 1.10 bits per heavy atom. The van der Waals surface area contributed by atoms with Crippen LogP contribution in [0.5, 0.6) is 17.2 Å². The third-order valence-corrected chi connectivity index (χ3v) is 22.7. The molecule has 1 aliphatic heterocycles. The minimum absolute atomic E-state index is 0.0212. The number of hydrogen-bond acceptors (Lipinski definition) is 21. The number of rotatable bonds is 51. The third kappa shape index (κ3) is 32.2. The molecule has 15 atom stereocenters. The van der Waals surface area contributed by atoms with Crippen LogP contribution in [-0.2, 0) is 104 Å². The van der Waals surface area contributed by atoms with Gasteiger partial charge in [0.2, 0.25) is 76.8 Å². The number of phenols is 3. The Morgan fingerprint density at radius 1 is 0.391 bits per heavy atom. The quantitative estimate of drug-likeness (QED) is 0.0244. The number of likely N-dealkylation sites (tertiary alicyclic amines) is 1. The molecule has 0 aliphatic carbocycles. The van der Waals surface area contributed by atoms with Gasteiger partial charge >= 0.3 is 11.9 Å². The van der Waals surface area contributed by atoms with Gasteiger partial charge in [0, 0.05) is 72.8 Å². The Hall–Kier alpha value is -13.5. The standard InChI is InChI=1S/C95H129N17O21/c1-50(2)38-69(85(122)106-75(45-59-48-98-66-20-13-11-18-64(59)66)89(126)104-70(39-51(3)4)84(121)103-71(40-52(5)6)86(123)110-78(95(132)133)44-58-28-34-63(116)35-29-58)102-83(120)68(22-15-16-36-96)100-93(130)81(55(10)113)111-91(128)72(41-53(7)8)108-92(129)79-23-17-37-112(79)94(131)77(47-80(117)118)109-88(125)74(43-57-26-32-62(115)33-27-57)105-90(127)76(46-60-49-99-67-21-14-12-19-65(60)67)107-87(124)73(101-82(119)54(9)97)42-56-24-30-61(114)31-25-56/h11-14,18-21,24-35,48-55,68-79,81,98-99,113-116H,15-17,22-23,36-47,96-97H2,1-10H3,(H,100,130)(H,101,119)(H,102,120)(H,103,121)(H,104,126)(H,105,127)(H,106,122)(H,107,124)(H,108,129)(H,109,125)(H,110,123)(H,111,128)(H,117,118)(H,132,133)/t54-,55+,68-,69-,70-,71-,72-,73-,74-,75-,76-,77-,78-,79-,81-/m0/s1. The van der Waals surface area contributed by atoms with Crippen molar-refractivity contribution in [2.24, 2.45) is 35.1 Å². The fourth-order valence-electron chi connectivity index (χ4n) is 15.8. The molecule has 5 aromatic carbocycles. The number of nitrogens with two attached hydrogens (primary N) is 2. The van der Waals surface area contributed by atoms with Crippen molar-refractivity contribution in [1.29, 1.82) is 0 Å². The minimum atomic E-state index is -1.94. The second-order valence-electron chi connectivity index (χ2n) is 35.9. The lowest BCUT2D eigenvalue weighted by molar-refractivity contribution is -0.146. The van der Waals surface area contributed by atoms with Crippen molar-refractivity contribution < 1.29 is 103 Å². The summed E-state index contributed by atoms with van der Waals surface area (Å²) in [6, 6.07) is 10.5. The van der Waals surface area contributed by atoms with E-state index < -0.39 is 186 Å². The molecule has 0 bridgehead atoms. The summed E-state index contributed by atoms with van der Waals surface area (Å²) in [4.78, 5) is 224. The largest absolute Gasteiger partial charge is 0.508 e. The number of benzene rings is 5. The Morgan fingerprint density at radius 2 is 0.722 bits per heavy atom. The number of nitrogens with zero attached hydrogens (tertiary/aromatic N) is 1. The number of fused-ring (bicyclic) bond motifs is 2. The van der Waals surface area contributed by atoms with Gasteiger partial charge in [-0.1, -0.05) is 128 Å². The van der Waals surface area contributed by atoms with Crippen LogP contribution in [0.4, 0.5) is 0 Å². The number of aliphatic hydroxyl groups excluding tert-OH is 1. The van der Waals surface area contributed by atoms with Crippen LogP contribution in [0.1, 0.15) is 161 Å². The predicted molar refractivity (Wildman–Crippen MR) is 493 cm³/mol. The van der Waals surface area contributed by atoms with E-state index in [-0.39, 0.29) is 137 Å². The summed E-state index contributed by atoms with van der Waals surface area (Å²) < 4.78 is 0.